The quantitative estimate of drug-likeness (QED) is 0.666. The van der Waals surface area contributed by atoms with Crippen LogP contribution in [0.5, 0.6) is 0 Å². The number of hydrogen-bond acceptors (Lipinski definition) is 4. The molecule has 0 aliphatic heterocycles. The molecule has 28 heavy (non-hydrogen) atoms. The van der Waals surface area contributed by atoms with Crippen LogP contribution in [0.25, 0.3) is 0 Å². The van der Waals surface area contributed by atoms with Gasteiger partial charge in [0, 0.05) is 7.05 Å². The molecule has 3 rings (SSSR count). The first-order valence-electron chi connectivity index (χ1n) is 9.71. The van der Waals surface area contributed by atoms with Gasteiger partial charge in [0.25, 0.3) is 10.0 Å². The molecule has 1 fully saturated rings. The van der Waals surface area contributed by atoms with E-state index < -0.39 is 16.0 Å². The molecule has 5 nitrogen and oxygen atoms in total. The largest absolute Gasteiger partial charge is 0.462 e. The molecular weight excluding hydrogens is 374 g/mol. The second kappa shape index (κ2) is 8.78. The van der Waals surface area contributed by atoms with E-state index in [1.54, 1.807) is 24.3 Å². The summed E-state index contributed by atoms with van der Waals surface area (Å²) in [6, 6.07) is 13.3. The lowest BCUT2D eigenvalue weighted by Crippen LogP contribution is -2.26. The molecule has 1 aliphatic carbocycles. The van der Waals surface area contributed by atoms with Gasteiger partial charge >= 0.3 is 5.97 Å². The highest BCUT2D eigenvalue weighted by atomic mass is 32.2. The van der Waals surface area contributed by atoms with Crippen LogP contribution in [0.4, 0.5) is 5.69 Å². The standard InChI is InChI=1S/C22H27NO4S/c1-17-11-13-20(14-12-17)23(2)28(25,26)21-10-6-9-19(15-21)22(24)27-16-18-7-4-3-5-8-18/h6,9-15,18H,3-5,7-8,16H2,1-2H3. The predicted octanol–water partition coefficient (Wildman–Crippen LogP) is 4.56. The summed E-state index contributed by atoms with van der Waals surface area (Å²) >= 11 is 0. The van der Waals surface area contributed by atoms with Gasteiger partial charge in [-0.1, -0.05) is 43.0 Å². The Morgan fingerprint density at radius 3 is 2.43 bits per heavy atom. The highest BCUT2D eigenvalue weighted by Gasteiger charge is 2.23. The number of carbonyl (C=O) groups excluding carboxylic acids is 1. The van der Waals surface area contributed by atoms with E-state index in [4.69, 9.17) is 4.74 Å². The van der Waals surface area contributed by atoms with Crippen molar-refractivity contribution in [1.82, 2.24) is 0 Å². The summed E-state index contributed by atoms with van der Waals surface area (Å²) in [5.41, 5.74) is 1.88. The smallest absolute Gasteiger partial charge is 0.338 e. The van der Waals surface area contributed by atoms with Gasteiger partial charge in [0.1, 0.15) is 0 Å². The Bertz CT molecular complexity index is 916. The molecule has 2 aromatic rings. The van der Waals surface area contributed by atoms with Gasteiger partial charge in [-0.05, 0) is 56.0 Å². The molecule has 2 aromatic carbocycles. The number of aryl methyl sites for hydroxylation is 1. The highest BCUT2D eigenvalue weighted by Crippen LogP contribution is 2.25. The van der Waals surface area contributed by atoms with Crippen LogP contribution in [-0.2, 0) is 14.8 Å². The Balaban J connectivity index is 1.73. The number of rotatable bonds is 6. The third-order valence-corrected chi connectivity index (χ3v) is 7.08. The first kappa shape index (κ1) is 20.4. The number of hydrogen-bond donors (Lipinski definition) is 0. The lowest BCUT2D eigenvalue weighted by atomic mass is 9.90. The van der Waals surface area contributed by atoms with Crippen molar-refractivity contribution in [2.75, 3.05) is 18.0 Å². The van der Waals surface area contributed by atoms with Gasteiger partial charge in [0.05, 0.1) is 22.8 Å². The van der Waals surface area contributed by atoms with Crippen LogP contribution >= 0.6 is 0 Å². The van der Waals surface area contributed by atoms with Crippen LogP contribution < -0.4 is 4.31 Å². The van der Waals surface area contributed by atoms with Gasteiger partial charge in [-0.25, -0.2) is 13.2 Å². The van der Waals surface area contributed by atoms with Crippen molar-refractivity contribution >= 4 is 21.7 Å². The van der Waals surface area contributed by atoms with Crippen LogP contribution in [0, 0.1) is 12.8 Å². The predicted molar refractivity (Wildman–Crippen MR) is 110 cm³/mol. The number of carbonyl (C=O) groups is 1. The summed E-state index contributed by atoms with van der Waals surface area (Å²) in [4.78, 5) is 12.5. The zero-order valence-corrected chi connectivity index (χ0v) is 17.2. The van der Waals surface area contributed by atoms with Crippen molar-refractivity contribution in [3.05, 3.63) is 59.7 Å². The minimum atomic E-state index is -3.77. The van der Waals surface area contributed by atoms with Crippen LogP contribution in [-0.4, -0.2) is 28.0 Å². The normalized spacial score (nSPS) is 15.2. The molecule has 1 saturated carbocycles. The zero-order valence-electron chi connectivity index (χ0n) is 16.4. The number of nitrogens with zero attached hydrogens (tertiary/aromatic N) is 1. The molecule has 0 atom stereocenters. The van der Waals surface area contributed by atoms with Crippen molar-refractivity contribution in [2.24, 2.45) is 5.92 Å². The van der Waals surface area contributed by atoms with E-state index in [-0.39, 0.29) is 10.5 Å². The molecule has 150 valence electrons. The van der Waals surface area contributed by atoms with Crippen molar-refractivity contribution in [3.63, 3.8) is 0 Å². The van der Waals surface area contributed by atoms with Crippen LogP contribution in [0.1, 0.15) is 48.0 Å². The van der Waals surface area contributed by atoms with Crippen molar-refractivity contribution < 1.29 is 17.9 Å². The zero-order chi connectivity index (χ0) is 20.1. The summed E-state index contributed by atoms with van der Waals surface area (Å²) in [6.45, 7) is 2.35. The fraction of sp³-hybridized carbons (Fsp3) is 0.409. The van der Waals surface area contributed by atoms with E-state index in [2.05, 4.69) is 0 Å². The average molecular weight is 402 g/mol. The van der Waals surface area contributed by atoms with E-state index in [0.717, 1.165) is 18.4 Å². The first-order valence-corrected chi connectivity index (χ1v) is 11.1. The summed E-state index contributed by atoms with van der Waals surface area (Å²) in [7, 11) is -2.26. The summed E-state index contributed by atoms with van der Waals surface area (Å²) < 4.78 is 32.6. The Labute approximate surface area is 167 Å². The van der Waals surface area contributed by atoms with Crippen molar-refractivity contribution in [1.29, 1.82) is 0 Å². The minimum Gasteiger partial charge on any atom is -0.462 e. The van der Waals surface area contributed by atoms with Gasteiger partial charge in [0.15, 0.2) is 0 Å². The molecule has 0 bridgehead atoms. The summed E-state index contributed by atoms with van der Waals surface area (Å²) in [6.07, 6.45) is 5.79. The fourth-order valence-corrected chi connectivity index (χ4v) is 4.71. The fourth-order valence-electron chi connectivity index (χ4n) is 3.47. The number of sulfonamides is 1. The molecule has 0 radical (unpaired) electrons. The van der Waals surface area contributed by atoms with Crippen LogP contribution in [0.3, 0.4) is 0 Å². The van der Waals surface area contributed by atoms with E-state index in [9.17, 15) is 13.2 Å². The number of benzene rings is 2. The van der Waals surface area contributed by atoms with Gasteiger partial charge in [-0.2, -0.15) is 0 Å². The maximum absolute atomic E-state index is 13.0. The lowest BCUT2D eigenvalue weighted by molar-refractivity contribution is 0.0410. The topological polar surface area (TPSA) is 63.7 Å². The molecule has 0 aromatic heterocycles. The summed E-state index contributed by atoms with van der Waals surface area (Å²) in [5, 5.41) is 0. The van der Waals surface area contributed by atoms with Gasteiger partial charge in [0.2, 0.25) is 0 Å². The lowest BCUT2D eigenvalue weighted by Gasteiger charge is -2.21. The van der Waals surface area contributed by atoms with Gasteiger partial charge in [-0.3, -0.25) is 4.31 Å². The maximum Gasteiger partial charge on any atom is 0.338 e. The van der Waals surface area contributed by atoms with Crippen molar-refractivity contribution in [3.8, 4) is 0 Å². The van der Waals surface area contributed by atoms with E-state index in [1.165, 1.54) is 42.7 Å². The van der Waals surface area contributed by atoms with Crippen LogP contribution in [0.2, 0.25) is 0 Å². The maximum atomic E-state index is 13.0. The third-order valence-electron chi connectivity index (χ3n) is 5.30. The second-order valence-electron chi connectivity index (χ2n) is 7.44. The van der Waals surface area contributed by atoms with Gasteiger partial charge in [-0.15, -0.1) is 0 Å². The third kappa shape index (κ3) is 4.73. The molecule has 6 heteroatoms. The Morgan fingerprint density at radius 1 is 1.07 bits per heavy atom. The Morgan fingerprint density at radius 2 is 1.75 bits per heavy atom. The number of ether oxygens (including phenoxy) is 1. The van der Waals surface area contributed by atoms with E-state index in [0.29, 0.717) is 18.2 Å². The number of esters is 1. The second-order valence-corrected chi connectivity index (χ2v) is 9.41. The first-order chi connectivity index (χ1) is 13.4. The molecule has 1 aliphatic rings. The van der Waals surface area contributed by atoms with Gasteiger partial charge < -0.3 is 4.74 Å². The van der Waals surface area contributed by atoms with E-state index in [1.807, 2.05) is 19.1 Å². The number of anilines is 1. The average Bonchev–Trinajstić information content (AvgIpc) is 2.73. The SMILES string of the molecule is Cc1ccc(N(C)S(=O)(=O)c2cccc(C(=O)OCC3CCCCC3)c2)cc1. The van der Waals surface area contributed by atoms with E-state index >= 15 is 0 Å². The highest BCUT2D eigenvalue weighted by molar-refractivity contribution is 7.92. The Hall–Kier alpha value is -2.34. The molecule has 0 spiro atoms. The van der Waals surface area contributed by atoms with Crippen molar-refractivity contribution in [2.45, 2.75) is 43.9 Å². The monoisotopic (exact) mass is 401 g/mol. The Kier molecular flexibility index (Phi) is 6.39. The molecule has 0 unspecified atom stereocenters. The molecule has 0 saturated heterocycles. The van der Waals surface area contributed by atoms with Crippen LogP contribution in [0.15, 0.2) is 53.4 Å². The molecular formula is C22H27NO4S. The summed E-state index contributed by atoms with van der Waals surface area (Å²) in [5.74, 6) is -0.0575. The molecule has 0 heterocycles. The molecule has 0 amide bonds. The molecule has 0 N–H and O–H groups in total. The minimum absolute atomic E-state index is 0.0719.